The number of carbonyl (C=O) groups excluding carboxylic acids is 1. The lowest BCUT2D eigenvalue weighted by molar-refractivity contribution is 0.0730. The highest BCUT2D eigenvalue weighted by molar-refractivity contribution is 7.92. The first kappa shape index (κ1) is 27.1. The fourth-order valence-corrected chi connectivity index (χ4v) is 6.51. The number of sulfonamides is 2. The van der Waals surface area contributed by atoms with Gasteiger partial charge in [-0.1, -0.05) is 23.7 Å². The van der Waals surface area contributed by atoms with Gasteiger partial charge >= 0.3 is 0 Å². The molecule has 1 saturated heterocycles. The maximum atomic E-state index is 13.0. The SMILES string of the molecule is Cc1ccc(S(=O)(=O)N2CCOCC2)cc1C(=O)Nc1ccc(S(=O)(=O)Nc2cccc(Cl)c2C)cc1. The van der Waals surface area contributed by atoms with Crippen LogP contribution >= 0.6 is 11.6 Å². The molecule has 0 saturated carbocycles. The smallest absolute Gasteiger partial charge is 0.261 e. The second-order valence-corrected chi connectivity index (χ2v) is 12.5. The van der Waals surface area contributed by atoms with E-state index in [0.29, 0.717) is 40.7 Å². The van der Waals surface area contributed by atoms with Gasteiger partial charge in [0.2, 0.25) is 10.0 Å². The van der Waals surface area contributed by atoms with Gasteiger partial charge in [-0.25, -0.2) is 16.8 Å². The number of nitrogens with zero attached hydrogens (tertiary/aromatic N) is 1. The summed E-state index contributed by atoms with van der Waals surface area (Å²) in [6.45, 7) is 4.55. The van der Waals surface area contributed by atoms with Gasteiger partial charge in [0.25, 0.3) is 15.9 Å². The molecule has 0 aromatic heterocycles. The fraction of sp³-hybridized carbons (Fsp3) is 0.240. The first-order valence-corrected chi connectivity index (χ1v) is 14.7. The number of morpholine rings is 1. The van der Waals surface area contributed by atoms with Crippen LogP contribution in [-0.2, 0) is 24.8 Å². The highest BCUT2D eigenvalue weighted by Crippen LogP contribution is 2.26. The van der Waals surface area contributed by atoms with E-state index in [1.54, 1.807) is 38.1 Å². The summed E-state index contributed by atoms with van der Waals surface area (Å²) in [4.78, 5) is 13.0. The molecule has 196 valence electrons. The summed E-state index contributed by atoms with van der Waals surface area (Å²) in [5.74, 6) is -0.514. The average Bonchev–Trinajstić information content (AvgIpc) is 2.87. The van der Waals surface area contributed by atoms with Crippen molar-refractivity contribution in [2.45, 2.75) is 23.6 Å². The number of benzene rings is 3. The number of hydrogen-bond acceptors (Lipinski definition) is 6. The van der Waals surface area contributed by atoms with Crippen LogP contribution in [0.4, 0.5) is 11.4 Å². The molecule has 0 bridgehead atoms. The van der Waals surface area contributed by atoms with Crippen molar-refractivity contribution in [1.82, 2.24) is 4.31 Å². The quantitative estimate of drug-likeness (QED) is 0.447. The Morgan fingerprint density at radius 1 is 0.919 bits per heavy atom. The number of halogens is 1. The van der Waals surface area contributed by atoms with Crippen LogP contribution in [-0.4, -0.2) is 53.4 Å². The Kier molecular flexibility index (Phi) is 7.91. The molecule has 3 aromatic rings. The van der Waals surface area contributed by atoms with Crippen molar-refractivity contribution < 1.29 is 26.4 Å². The van der Waals surface area contributed by atoms with Crippen molar-refractivity contribution in [3.05, 3.63) is 82.4 Å². The zero-order valence-electron chi connectivity index (χ0n) is 20.2. The Labute approximate surface area is 221 Å². The van der Waals surface area contributed by atoms with Crippen molar-refractivity contribution in [3.63, 3.8) is 0 Å². The van der Waals surface area contributed by atoms with E-state index in [2.05, 4.69) is 10.0 Å². The maximum Gasteiger partial charge on any atom is 0.261 e. The largest absolute Gasteiger partial charge is 0.379 e. The minimum Gasteiger partial charge on any atom is -0.379 e. The van der Waals surface area contributed by atoms with Gasteiger partial charge in [0.1, 0.15) is 0 Å². The van der Waals surface area contributed by atoms with Gasteiger partial charge in [-0.2, -0.15) is 4.31 Å². The predicted molar refractivity (Wildman–Crippen MR) is 142 cm³/mol. The van der Waals surface area contributed by atoms with E-state index in [0.717, 1.165) is 0 Å². The number of amides is 1. The van der Waals surface area contributed by atoms with E-state index in [-0.39, 0.29) is 28.4 Å². The topological polar surface area (TPSA) is 122 Å². The normalized spacial score (nSPS) is 14.8. The molecule has 1 aliphatic heterocycles. The number of ether oxygens (including phenoxy) is 1. The van der Waals surface area contributed by atoms with Gasteiger partial charge in [-0.3, -0.25) is 9.52 Å². The highest BCUT2D eigenvalue weighted by Gasteiger charge is 2.27. The molecule has 0 unspecified atom stereocenters. The monoisotopic (exact) mass is 563 g/mol. The molecule has 0 spiro atoms. The average molecular weight is 564 g/mol. The Bertz CT molecular complexity index is 1540. The zero-order chi connectivity index (χ0) is 26.8. The second kappa shape index (κ2) is 10.8. The van der Waals surface area contributed by atoms with Gasteiger partial charge in [0, 0.05) is 29.4 Å². The molecule has 1 heterocycles. The van der Waals surface area contributed by atoms with Crippen LogP contribution in [0.2, 0.25) is 5.02 Å². The molecule has 1 amide bonds. The van der Waals surface area contributed by atoms with Gasteiger partial charge in [-0.05, 0) is 73.5 Å². The van der Waals surface area contributed by atoms with Crippen molar-refractivity contribution >= 4 is 48.9 Å². The van der Waals surface area contributed by atoms with Gasteiger partial charge in [-0.15, -0.1) is 0 Å². The molecular weight excluding hydrogens is 538 g/mol. The van der Waals surface area contributed by atoms with Crippen LogP contribution < -0.4 is 10.0 Å². The third kappa shape index (κ3) is 5.97. The Hall–Kier alpha value is -2.96. The van der Waals surface area contributed by atoms with E-state index >= 15 is 0 Å². The lowest BCUT2D eigenvalue weighted by Crippen LogP contribution is -2.40. The first-order chi connectivity index (χ1) is 17.5. The lowest BCUT2D eigenvalue weighted by Gasteiger charge is -2.26. The van der Waals surface area contributed by atoms with Crippen molar-refractivity contribution in [1.29, 1.82) is 0 Å². The Balaban J connectivity index is 1.51. The minimum absolute atomic E-state index is 0.000318. The van der Waals surface area contributed by atoms with Gasteiger partial charge in [0.15, 0.2) is 0 Å². The van der Waals surface area contributed by atoms with Crippen molar-refractivity contribution in [3.8, 4) is 0 Å². The predicted octanol–water partition coefficient (Wildman–Crippen LogP) is 4.03. The number of rotatable bonds is 7. The Morgan fingerprint density at radius 2 is 1.57 bits per heavy atom. The summed E-state index contributed by atoms with van der Waals surface area (Å²) in [7, 11) is -7.66. The summed E-state index contributed by atoms with van der Waals surface area (Å²) < 4.78 is 60.7. The molecule has 12 heteroatoms. The highest BCUT2D eigenvalue weighted by atomic mass is 35.5. The molecule has 3 aromatic carbocycles. The van der Waals surface area contributed by atoms with E-state index < -0.39 is 26.0 Å². The molecule has 4 rings (SSSR count). The number of aryl methyl sites for hydroxylation is 1. The molecule has 1 fully saturated rings. The van der Waals surface area contributed by atoms with Crippen LogP contribution in [0.15, 0.2) is 70.5 Å². The van der Waals surface area contributed by atoms with E-state index in [4.69, 9.17) is 16.3 Å². The van der Waals surface area contributed by atoms with Crippen LogP contribution in [0.25, 0.3) is 0 Å². The summed E-state index contributed by atoms with van der Waals surface area (Å²) >= 11 is 6.08. The van der Waals surface area contributed by atoms with E-state index in [9.17, 15) is 21.6 Å². The molecule has 37 heavy (non-hydrogen) atoms. The first-order valence-electron chi connectivity index (χ1n) is 11.4. The summed E-state index contributed by atoms with van der Waals surface area (Å²) in [5.41, 5.74) is 2.11. The Morgan fingerprint density at radius 3 is 2.24 bits per heavy atom. The van der Waals surface area contributed by atoms with Crippen molar-refractivity contribution in [2.75, 3.05) is 36.3 Å². The lowest BCUT2D eigenvalue weighted by atomic mass is 10.1. The number of hydrogen-bond donors (Lipinski definition) is 2. The van der Waals surface area contributed by atoms with Gasteiger partial charge in [0.05, 0.1) is 28.7 Å². The molecular formula is C25H26ClN3O6S2. The minimum atomic E-state index is -3.89. The third-order valence-electron chi connectivity index (χ3n) is 6.00. The van der Waals surface area contributed by atoms with Crippen LogP contribution in [0.1, 0.15) is 21.5 Å². The molecule has 2 N–H and O–H groups in total. The standard InChI is InChI=1S/C25H26ClN3O6S2/c1-17-6-9-21(37(33,34)29-12-14-35-15-13-29)16-22(17)25(30)27-19-7-10-20(11-8-19)36(31,32)28-24-5-3-4-23(26)18(24)2/h3-11,16,28H,12-15H2,1-2H3,(H,27,30). The van der Waals surface area contributed by atoms with Crippen LogP contribution in [0, 0.1) is 13.8 Å². The third-order valence-corrected chi connectivity index (χ3v) is 9.68. The number of carbonyl (C=O) groups is 1. The second-order valence-electron chi connectivity index (χ2n) is 8.49. The maximum absolute atomic E-state index is 13.0. The summed E-state index contributed by atoms with van der Waals surface area (Å²) in [5, 5.41) is 3.14. The number of nitrogens with one attached hydrogen (secondary N) is 2. The number of anilines is 2. The molecule has 0 radical (unpaired) electrons. The van der Waals surface area contributed by atoms with E-state index in [1.807, 2.05) is 0 Å². The summed E-state index contributed by atoms with van der Waals surface area (Å²) in [6.07, 6.45) is 0. The van der Waals surface area contributed by atoms with Crippen molar-refractivity contribution in [2.24, 2.45) is 0 Å². The van der Waals surface area contributed by atoms with Crippen LogP contribution in [0.5, 0.6) is 0 Å². The molecule has 9 nitrogen and oxygen atoms in total. The molecule has 1 aliphatic rings. The zero-order valence-corrected chi connectivity index (χ0v) is 22.6. The van der Waals surface area contributed by atoms with Gasteiger partial charge < -0.3 is 10.1 Å². The fourth-order valence-electron chi connectivity index (χ4n) is 3.78. The van der Waals surface area contributed by atoms with E-state index in [1.165, 1.54) is 40.7 Å². The van der Waals surface area contributed by atoms with Crippen LogP contribution in [0.3, 0.4) is 0 Å². The molecule has 0 atom stereocenters. The molecule has 0 aliphatic carbocycles. The summed E-state index contributed by atoms with van der Waals surface area (Å²) in [6, 6.07) is 15.0.